The maximum Gasteiger partial charge on any atom is 0.290 e. The van der Waals surface area contributed by atoms with Gasteiger partial charge in [-0.3, -0.25) is 4.78 Å². The Kier molecular flexibility index (Phi) is 4.59. The number of ether oxygens (including phenoxy) is 1. The van der Waals surface area contributed by atoms with Gasteiger partial charge in [0, 0.05) is 29.3 Å². The van der Waals surface area contributed by atoms with Gasteiger partial charge in [-0.15, -0.1) is 0 Å². The van der Waals surface area contributed by atoms with Gasteiger partial charge in [0.2, 0.25) is 5.95 Å². The molecule has 6 nitrogen and oxygen atoms in total. The number of alkyl halides is 2. The first kappa shape index (κ1) is 19.8. The van der Waals surface area contributed by atoms with Crippen molar-refractivity contribution >= 4 is 16.6 Å². The summed E-state index contributed by atoms with van der Waals surface area (Å²) in [5.74, 6) is -2.11. The second-order valence-corrected chi connectivity index (χ2v) is 10.0. The van der Waals surface area contributed by atoms with E-state index in [2.05, 4.69) is 9.97 Å². The largest absolute Gasteiger partial charge is 0.496 e. The molecule has 0 radical (unpaired) electrons. The van der Waals surface area contributed by atoms with E-state index in [1.165, 1.54) is 0 Å². The molecule has 0 spiro atoms. The second kappa shape index (κ2) is 6.95. The van der Waals surface area contributed by atoms with Crippen molar-refractivity contribution in [3.8, 4) is 17.0 Å². The lowest BCUT2D eigenvalue weighted by molar-refractivity contribution is -0.00603. The maximum atomic E-state index is 14.6. The molecule has 3 atom stereocenters. The summed E-state index contributed by atoms with van der Waals surface area (Å²) < 4.78 is 43.3. The van der Waals surface area contributed by atoms with E-state index in [9.17, 15) is 13.9 Å². The molecule has 1 unspecified atom stereocenters. The summed E-state index contributed by atoms with van der Waals surface area (Å²) in [4.78, 5) is 11.4. The standard InChI is InChI=1S/C21H24F2N4O2S/c1-11-15(28)10-27(11)20-25-18(14-7-8-21(22,23)19(14)26-20)12-3-6-16(29-2)17(9-12)30(24)13-4-5-13/h3,6,9,11,13,15,24,28H,4-5,7-8,10H2,1-2H3/t11-,15+,30?/m0/s1. The van der Waals surface area contributed by atoms with Gasteiger partial charge in [-0.05, 0) is 44.4 Å². The summed E-state index contributed by atoms with van der Waals surface area (Å²) in [5, 5.41) is 10.2. The highest BCUT2D eigenvalue weighted by molar-refractivity contribution is 7.87. The third-order valence-electron chi connectivity index (χ3n) is 6.25. The maximum absolute atomic E-state index is 14.6. The van der Waals surface area contributed by atoms with E-state index in [0.717, 1.165) is 17.7 Å². The molecule has 1 aromatic heterocycles. The number of aliphatic hydroxyl groups is 1. The SMILES string of the molecule is COc1ccc(-c2nc(N3C[C@@H](O)[C@@H]3C)nc3c2CCC3(F)F)cc1S(=N)C1CC1. The Morgan fingerprint density at radius 3 is 2.70 bits per heavy atom. The molecule has 3 aliphatic rings. The summed E-state index contributed by atoms with van der Waals surface area (Å²) in [7, 11) is 0.875. The summed E-state index contributed by atoms with van der Waals surface area (Å²) in [6.45, 7) is 2.16. The molecule has 2 fully saturated rings. The summed E-state index contributed by atoms with van der Waals surface area (Å²) in [6.07, 6.45) is 1.50. The number of hydrogen-bond acceptors (Lipinski definition) is 6. The molecule has 5 rings (SSSR count). The van der Waals surface area contributed by atoms with Crippen LogP contribution in [0.15, 0.2) is 23.1 Å². The van der Waals surface area contributed by atoms with Gasteiger partial charge in [0.05, 0.1) is 29.8 Å². The molecule has 160 valence electrons. The van der Waals surface area contributed by atoms with Crippen molar-refractivity contribution in [3.63, 3.8) is 0 Å². The van der Waals surface area contributed by atoms with E-state index >= 15 is 0 Å². The molecule has 0 amide bonds. The topological polar surface area (TPSA) is 82.3 Å². The molecule has 0 bridgehead atoms. The van der Waals surface area contributed by atoms with Crippen LogP contribution in [-0.2, 0) is 23.0 Å². The highest BCUT2D eigenvalue weighted by Gasteiger charge is 2.45. The van der Waals surface area contributed by atoms with Crippen LogP contribution in [0.25, 0.3) is 11.3 Å². The third kappa shape index (κ3) is 3.10. The number of benzene rings is 1. The highest BCUT2D eigenvalue weighted by atomic mass is 32.2. The van der Waals surface area contributed by atoms with Crippen molar-refractivity contribution in [3.05, 3.63) is 29.5 Å². The normalized spacial score (nSPS) is 25.6. The van der Waals surface area contributed by atoms with Gasteiger partial charge in [0.15, 0.2) is 0 Å². The zero-order valence-electron chi connectivity index (χ0n) is 16.9. The molecule has 9 heteroatoms. The second-order valence-electron chi connectivity index (χ2n) is 8.27. The van der Waals surface area contributed by atoms with Crippen LogP contribution in [0.1, 0.15) is 37.4 Å². The lowest BCUT2D eigenvalue weighted by atomic mass is 10.0. The fourth-order valence-electron chi connectivity index (χ4n) is 4.11. The molecule has 1 saturated carbocycles. The van der Waals surface area contributed by atoms with Crippen molar-refractivity contribution in [1.82, 2.24) is 9.97 Å². The molecule has 1 aliphatic heterocycles. The minimum absolute atomic E-state index is 0.208. The minimum atomic E-state index is -2.99. The average Bonchev–Trinajstić information content (AvgIpc) is 3.55. The molecule has 2 aromatic rings. The van der Waals surface area contributed by atoms with Crippen LogP contribution in [0.4, 0.5) is 14.7 Å². The lowest BCUT2D eigenvalue weighted by Gasteiger charge is -2.43. The number of methoxy groups -OCH3 is 1. The van der Waals surface area contributed by atoms with Crippen molar-refractivity contribution < 1.29 is 18.6 Å². The van der Waals surface area contributed by atoms with E-state index in [1.54, 1.807) is 18.1 Å². The first-order chi connectivity index (χ1) is 14.3. The fourth-order valence-corrected chi connectivity index (χ4v) is 5.70. The predicted molar refractivity (Wildman–Crippen MR) is 110 cm³/mol. The molecular weight excluding hydrogens is 410 g/mol. The van der Waals surface area contributed by atoms with Crippen LogP contribution in [0.3, 0.4) is 0 Å². The van der Waals surface area contributed by atoms with Gasteiger partial charge in [0.25, 0.3) is 5.92 Å². The number of fused-ring (bicyclic) bond motifs is 1. The van der Waals surface area contributed by atoms with E-state index in [1.807, 2.05) is 19.1 Å². The summed E-state index contributed by atoms with van der Waals surface area (Å²) in [5.41, 5.74) is 1.48. The number of nitrogens with one attached hydrogen (secondary N) is 1. The van der Waals surface area contributed by atoms with Crippen molar-refractivity contribution in [1.29, 1.82) is 4.78 Å². The Hall–Kier alpha value is -2.13. The molecule has 2 heterocycles. The number of nitrogens with zero attached hydrogens (tertiary/aromatic N) is 3. The van der Waals surface area contributed by atoms with Crippen molar-refractivity contribution in [2.75, 3.05) is 18.6 Å². The van der Waals surface area contributed by atoms with E-state index < -0.39 is 22.7 Å². The van der Waals surface area contributed by atoms with E-state index in [0.29, 0.717) is 34.4 Å². The van der Waals surface area contributed by atoms with Crippen LogP contribution < -0.4 is 9.64 Å². The predicted octanol–water partition coefficient (Wildman–Crippen LogP) is 3.66. The smallest absolute Gasteiger partial charge is 0.290 e. The van der Waals surface area contributed by atoms with Gasteiger partial charge in [-0.25, -0.2) is 9.97 Å². The third-order valence-corrected chi connectivity index (χ3v) is 8.18. The van der Waals surface area contributed by atoms with Crippen LogP contribution in [0, 0.1) is 4.78 Å². The number of hydrogen-bond donors (Lipinski definition) is 2. The van der Waals surface area contributed by atoms with Gasteiger partial charge in [-0.1, -0.05) is 10.7 Å². The van der Waals surface area contributed by atoms with Gasteiger partial charge < -0.3 is 14.7 Å². The Morgan fingerprint density at radius 1 is 1.30 bits per heavy atom. The van der Waals surface area contributed by atoms with Gasteiger partial charge >= 0.3 is 0 Å². The van der Waals surface area contributed by atoms with Crippen LogP contribution >= 0.6 is 0 Å². The van der Waals surface area contributed by atoms with E-state index in [4.69, 9.17) is 9.52 Å². The van der Waals surface area contributed by atoms with Crippen molar-refractivity contribution in [2.45, 2.75) is 60.8 Å². The minimum Gasteiger partial charge on any atom is -0.496 e. The Bertz CT molecular complexity index is 1040. The molecule has 2 aliphatic carbocycles. The summed E-state index contributed by atoms with van der Waals surface area (Å²) in [6, 6.07) is 5.29. The average molecular weight is 435 g/mol. The molecule has 2 N–H and O–H groups in total. The van der Waals surface area contributed by atoms with Crippen LogP contribution in [0.2, 0.25) is 0 Å². The first-order valence-corrected chi connectivity index (χ1v) is 11.5. The number of β-amino-alcohol motifs (C(OH)–C–C–N with tert-alkyl or cyclic N) is 1. The number of halogens is 2. The molecule has 1 aromatic carbocycles. The van der Waals surface area contributed by atoms with Crippen LogP contribution in [-0.4, -0.2) is 46.1 Å². The van der Waals surface area contributed by atoms with E-state index in [-0.39, 0.29) is 30.5 Å². The van der Waals surface area contributed by atoms with Crippen molar-refractivity contribution in [2.24, 2.45) is 0 Å². The molecular formula is C21H24F2N4O2S. The first-order valence-electron chi connectivity index (χ1n) is 10.2. The number of aliphatic hydroxyl groups excluding tert-OH is 1. The monoisotopic (exact) mass is 434 g/mol. The quantitative estimate of drug-likeness (QED) is 0.751. The molecule has 1 saturated heterocycles. The highest BCUT2D eigenvalue weighted by Crippen LogP contribution is 2.45. The zero-order chi connectivity index (χ0) is 21.2. The number of rotatable bonds is 5. The Balaban J connectivity index is 1.64. The van der Waals surface area contributed by atoms with Crippen LogP contribution in [0.5, 0.6) is 5.75 Å². The summed E-state index contributed by atoms with van der Waals surface area (Å²) >= 11 is 0. The Morgan fingerprint density at radius 2 is 2.07 bits per heavy atom. The van der Waals surface area contributed by atoms with Gasteiger partial charge in [-0.2, -0.15) is 8.78 Å². The fraction of sp³-hybridized carbons (Fsp3) is 0.524. The molecule has 30 heavy (non-hydrogen) atoms. The number of anilines is 1. The zero-order valence-corrected chi connectivity index (χ0v) is 17.7. The number of aromatic nitrogens is 2. The lowest BCUT2D eigenvalue weighted by Crippen LogP contribution is -2.59. The Labute approximate surface area is 176 Å². The van der Waals surface area contributed by atoms with Gasteiger partial charge in [0.1, 0.15) is 11.4 Å².